The molecule has 2 fully saturated rings. The van der Waals surface area contributed by atoms with Gasteiger partial charge in [0.15, 0.2) is 0 Å². The molecular formula is C16H22N2O2. The Hall–Kier alpha value is -1.71. The van der Waals surface area contributed by atoms with Crippen molar-refractivity contribution in [2.24, 2.45) is 17.8 Å². The summed E-state index contributed by atoms with van der Waals surface area (Å²) < 4.78 is 5.17. The van der Waals surface area contributed by atoms with E-state index in [2.05, 4.69) is 12.2 Å². The normalized spacial score (nSPS) is 28.3. The Morgan fingerprint density at radius 1 is 1.30 bits per heavy atom. The summed E-state index contributed by atoms with van der Waals surface area (Å²) in [4.78, 5) is 14.3. The summed E-state index contributed by atoms with van der Waals surface area (Å²) in [5.74, 6) is 3.01. The summed E-state index contributed by atoms with van der Waals surface area (Å²) >= 11 is 0. The number of amides is 2. The first kappa shape index (κ1) is 13.3. The highest BCUT2D eigenvalue weighted by Crippen LogP contribution is 2.41. The van der Waals surface area contributed by atoms with Gasteiger partial charge in [-0.1, -0.05) is 13.0 Å². The molecule has 1 unspecified atom stereocenters. The zero-order valence-corrected chi connectivity index (χ0v) is 12.1. The number of likely N-dealkylation sites (tertiary alicyclic amines) is 1. The summed E-state index contributed by atoms with van der Waals surface area (Å²) in [6, 6.07) is 7.50. The molecule has 1 aliphatic heterocycles. The van der Waals surface area contributed by atoms with Gasteiger partial charge in [-0.3, -0.25) is 0 Å². The molecular weight excluding hydrogens is 252 g/mol. The minimum atomic E-state index is 0.0142. The molecule has 0 spiro atoms. The van der Waals surface area contributed by atoms with Crippen molar-refractivity contribution in [2.75, 3.05) is 25.5 Å². The number of nitrogens with one attached hydrogen (secondary N) is 1. The third kappa shape index (κ3) is 2.60. The van der Waals surface area contributed by atoms with Gasteiger partial charge in [0.05, 0.1) is 7.11 Å². The van der Waals surface area contributed by atoms with E-state index in [1.165, 1.54) is 12.8 Å². The van der Waals surface area contributed by atoms with Crippen LogP contribution in [0.15, 0.2) is 24.3 Å². The number of benzene rings is 1. The quantitative estimate of drug-likeness (QED) is 0.899. The van der Waals surface area contributed by atoms with E-state index in [1.807, 2.05) is 29.2 Å². The smallest absolute Gasteiger partial charge is 0.321 e. The molecule has 1 saturated heterocycles. The van der Waals surface area contributed by atoms with Crippen LogP contribution in [0.1, 0.15) is 19.8 Å². The molecule has 2 amide bonds. The number of fused-ring (bicyclic) bond motifs is 1. The molecule has 0 bridgehead atoms. The van der Waals surface area contributed by atoms with Crippen LogP contribution in [-0.2, 0) is 0 Å². The van der Waals surface area contributed by atoms with Crippen molar-refractivity contribution >= 4 is 11.7 Å². The summed E-state index contributed by atoms with van der Waals surface area (Å²) in [5.41, 5.74) is 0.791. The van der Waals surface area contributed by atoms with Crippen LogP contribution in [0.5, 0.6) is 5.75 Å². The summed E-state index contributed by atoms with van der Waals surface area (Å²) in [5, 5.41) is 2.97. The third-order valence-electron chi connectivity index (χ3n) is 4.59. The van der Waals surface area contributed by atoms with Crippen LogP contribution < -0.4 is 10.1 Å². The number of carbonyl (C=O) groups excluding carboxylic acids is 1. The minimum absolute atomic E-state index is 0.0142. The molecule has 4 heteroatoms. The second kappa shape index (κ2) is 5.35. The van der Waals surface area contributed by atoms with Crippen molar-refractivity contribution in [3.63, 3.8) is 0 Å². The fourth-order valence-electron chi connectivity index (χ4n) is 3.67. The molecule has 3 atom stereocenters. The maximum Gasteiger partial charge on any atom is 0.321 e. The number of rotatable bonds is 2. The lowest BCUT2D eigenvalue weighted by atomic mass is 10.0. The number of ether oxygens (including phenoxy) is 1. The van der Waals surface area contributed by atoms with Crippen LogP contribution >= 0.6 is 0 Å². The summed E-state index contributed by atoms with van der Waals surface area (Å²) in [7, 11) is 1.63. The van der Waals surface area contributed by atoms with E-state index in [4.69, 9.17) is 4.74 Å². The monoisotopic (exact) mass is 274 g/mol. The maximum atomic E-state index is 12.3. The second-order valence-corrected chi connectivity index (χ2v) is 6.16. The number of hydrogen-bond donors (Lipinski definition) is 1. The van der Waals surface area contributed by atoms with Gasteiger partial charge in [-0.15, -0.1) is 0 Å². The molecule has 1 N–H and O–H groups in total. The van der Waals surface area contributed by atoms with Gasteiger partial charge in [-0.2, -0.15) is 0 Å². The fraction of sp³-hybridized carbons (Fsp3) is 0.562. The van der Waals surface area contributed by atoms with E-state index in [0.717, 1.165) is 30.4 Å². The van der Waals surface area contributed by atoms with Crippen molar-refractivity contribution in [1.82, 2.24) is 4.90 Å². The second-order valence-electron chi connectivity index (χ2n) is 6.16. The van der Waals surface area contributed by atoms with Crippen molar-refractivity contribution in [1.29, 1.82) is 0 Å². The molecule has 1 aliphatic carbocycles. The Labute approximate surface area is 120 Å². The Balaban J connectivity index is 1.60. The van der Waals surface area contributed by atoms with E-state index in [9.17, 15) is 4.79 Å². The van der Waals surface area contributed by atoms with Gasteiger partial charge in [0.1, 0.15) is 5.75 Å². The number of nitrogens with zero attached hydrogens (tertiary/aromatic N) is 1. The molecule has 1 heterocycles. The average molecular weight is 274 g/mol. The highest BCUT2D eigenvalue weighted by atomic mass is 16.5. The molecule has 20 heavy (non-hydrogen) atoms. The minimum Gasteiger partial charge on any atom is -0.497 e. The largest absolute Gasteiger partial charge is 0.497 e. The summed E-state index contributed by atoms with van der Waals surface area (Å²) in [6.45, 7) is 4.13. The zero-order chi connectivity index (χ0) is 14.1. The van der Waals surface area contributed by atoms with Crippen LogP contribution in [-0.4, -0.2) is 31.1 Å². The van der Waals surface area contributed by atoms with Crippen LogP contribution in [0.2, 0.25) is 0 Å². The Morgan fingerprint density at radius 3 is 2.65 bits per heavy atom. The lowest BCUT2D eigenvalue weighted by Gasteiger charge is -2.19. The van der Waals surface area contributed by atoms with Gasteiger partial charge in [0, 0.05) is 24.8 Å². The zero-order valence-electron chi connectivity index (χ0n) is 12.1. The number of urea groups is 1. The fourth-order valence-corrected chi connectivity index (χ4v) is 3.67. The number of methoxy groups -OCH3 is 1. The molecule has 0 radical (unpaired) electrons. The maximum absolute atomic E-state index is 12.3. The average Bonchev–Trinajstić information content (AvgIpc) is 2.96. The van der Waals surface area contributed by atoms with Crippen molar-refractivity contribution in [3.05, 3.63) is 24.3 Å². The highest BCUT2D eigenvalue weighted by Gasteiger charge is 2.40. The predicted molar refractivity (Wildman–Crippen MR) is 79.0 cm³/mol. The molecule has 0 aromatic heterocycles. The highest BCUT2D eigenvalue weighted by molar-refractivity contribution is 5.89. The molecule has 4 nitrogen and oxygen atoms in total. The molecule has 108 valence electrons. The summed E-state index contributed by atoms with van der Waals surface area (Å²) in [6.07, 6.45) is 2.54. The van der Waals surface area contributed by atoms with E-state index < -0.39 is 0 Å². The van der Waals surface area contributed by atoms with Crippen LogP contribution in [0.25, 0.3) is 0 Å². The molecule has 2 aliphatic rings. The first-order chi connectivity index (χ1) is 9.65. The first-order valence-electron chi connectivity index (χ1n) is 7.35. The molecule has 1 aromatic carbocycles. The van der Waals surface area contributed by atoms with Crippen LogP contribution in [0.3, 0.4) is 0 Å². The topological polar surface area (TPSA) is 41.6 Å². The molecule has 3 rings (SSSR count). The van der Waals surface area contributed by atoms with Crippen molar-refractivity contribution < 1.29 is 9.53 Å². The van der Waals surface area contributed by atoms with E-state index in [1.54, 1.807) is 7.11 Å². The van der Waals surface area contributed by atoms with Gasteiger partial charge in [-0.25, -0.2) is 4.79 Å². The molecule has 1 saturated carbocycles. The van der Waals surface area contributed by atoms with Gasteiger partial charge < -0.3 is 15.0 Å². The SMILES string of the molecule is COc1cccc(NC(=O)N2C[C@H]3CC(C)C[C@H]3C2)c1. The standard InChI is InChI=1S/C16H22N2O2/c1-11-6-12-9-18(10-13(12)7-11)16(19)17-14-4-3-5-15(8-14)20-2/h3-5,8,11-13H,6-7,9-10H2,1-2H3,(H,17,19)/t11?,12-,13+. The van der Waals surface area contributed by atoms with Gasteiger partial charge >= 0.3 is 6.03 Å². The van der Waals surface area contributed by atoms with E-state index in [-0.39, 0.29) is 6.03 Å². The van der Waals surface area contributed by atoms with Crippen LogP contribution in [0.4, 0.5) is 10.5 Å². The van der Waals surface area contributed by atoms with Crippen molar-refractivity contribution in [2.45, 2.75) is 19.8 Å². The third-order valence-corrected chi connectivity index (χ3v) is 4.59. The van der Waals surface area contributed by atoms with Crippen LogP contribution in [0, 0.1) is 17.8 Å². The Morgan fingerprint density at radius 2 is 2.00 bits per heavy atom. The lowest BCUT2D eigenvalue weighted by Crippen LogP contribution is -2.33. The van der Waals surface area contributed by atoms with E-state index in [0.29, 0.717) is 11.8 Å². The van der Waals surface area contributed by atoms with Gasteiger partial charge in [0.2, 0.25) is 0 Å². The predicted octanol–water partition coefficient (Wildman–Crippen LogP) is 3.21. The molecule has 1 aromatic rings. The number of anilines is 1. The van der Waals surface area contributed by atoms with Gasteiger partial charge in [0.25, 0.3) is 0 Å². The Bertz CT molecular complexity index is 489. The lowest BCUT2D eigenvalue weighted by molar-refractivity contribution is 0.217. The number of hydrogen-bond acceptors (Lipinski definition) is 2. The van der Waals surface area contributed by atoms with Crippen molar-refractivity contribution in [3.8, 4) is 5.75 Å². The number of carbonyl (C=O) groups is 1. The van der Waals surface area contributed by atoms with Gasteiger partial charge in [-0.05, 0) is 42.7 Å². The Kier molecular flexibility index (Phi) is 3.55. The van der Waals surface area contributed by atoms with E-state index >= 15 is 0 Å². The first-order valence-corrected chi connectivity index (χ1v) is 7.35.